The summed E-state index contributed by atoms with van der Waals surface area (Å²) < 4.78 is 31.2. The predicted molar refractivity (Wildman–Crippen MR) is 182 cm³/mol. The number of thiazole rings is 1. The molecule has 2 aliphatic heterocycles. The van der Waals surface area contributed by atoms with Gasteiger partial charge >= 0.3 is 5.97 Å². The van der Waals surface area contributed by atoms with Crippen molar-refractivity contribution in [3.8, 4) is 23.0 Å². The van der Waals surface area contributed by atoms with E-state index >= 15 is 0 Å². The van der Waals surface area contributed by atoms with Gasteiger partial charge in [-0.25, -0.2) is 9.79 Å². The van der Waals surface area contributed by atoms with Gasteiger partial charge in [0.2, 0.25) is 6.79 Å². The van der Waals surface area contributed by atoms with E-state index in [2.05, 4.69) is 39.1 Å². The van der Waals surface area contributed by atoms with Crippen molar-refractivity contribution in [1.82, 2.24) is 4.57 Å². The molecule has 1 atom stereocenters. The van der Waals surface area contributed by atoms with Crippen LogP contribution in [-0.2, 0) is 16.1 Å². The molecule has 11 heteroatoms. The van der Waals surface area contributed by atoms with Gasteiger partial charge in [-0.1, -0.05) is 59.9 Å². The minimum Gasteiger partial charge on any atom is -0.493 e. The zero-order valence-electron chi connectivity index (χ0n) is 25.7. The van der Waals surface area contributed by atoms with Crippen molar-refractivity contribution in [2.45, 2.75) is 26.5 Å². The quantitative estimate of drug-likeness (QED) is 0.181. The average molecular weight is 714 g/mol. The first kappa shape index (κ1) is 30.8. The number of hydrogen-bond donors (Lipinski definition) is 0. The van der Waals surface area contributed by atoms with Gasteiger partial charge in [-0.2, -0.15) is 0 Å². The fourth-order valence-electron chi connectivity index (χ4n) is 5.87. The third-order valence-electron chi connectivity index (χ3n) is 8.03. The van der Waals surface area contributed by atoms with E-state index in [1.54, 1.807) is 43.7 Å². The Morgan fingerprint density at radius 3 is 2.72 bits per heavy atom. The van der Waals surface area contributed by atoms with E-state index in [-0.39, 0.29) is 19.0 Å². The lowest BCUT2D eigenvalue weighted by atomic mass is 9.95. The minimum atomic E-state index is -0.770. The van der Waals surface area contributed by atoms with Crippen LogP contribution in [0.15, 0.2) is 98.3 Å². The van der Waals surface area contributed by atoms with Gasteiger partial charge < -0.3 is 23.7 Å². The second-order valence-electron chi connectivity index (χ2n) is 10.9. The van der Waals surface area contributed by atoms with E-state index in [1.165, 1.54) is 11.3 Å². The van der Waals surface area contributed by atoms with Crippen LogP contribution in [0.2, 0.25) is 0 Å². The zero-order chi connectivity index (χ0) is 32.7. The third kappa shape index (κ3) is 5.70. The van der Waals surface area contributed by atoms with E-state index in [0.29, 0.717) is 60.2 Å². The molecule has 238 valence electrons. The van der Waals surface area contributed by atoms with Gasteiger partial charge in [0.15, 0.2) is 27.8 Å². The summed E-state index contributed by atoms with van der Waals surface area (Å²) in [6.07, 6.45) is 1.78. The highest BCUT2D eigenvalue weighted by Crippen LogP contribution is 2.39. The molecular formula is C36H29BrN2O7S. The molecule has 0 radical (unpaired) electrons. The molecule has 9 nitrogen and oxygen atoms in total. The fraction of sp³-hybridized carbons (Fsp3) is 0.194. The van der Waals surface area contributed by atoms with Crippen LogP contribution < -0.4 is 33.8 Å². The number of fused-ring (bicyclic) bond motifs is 3. The molecule has 2 aliphatic rings. The first-order valence-electron chi connectivity index (χ1n) is 14.9. The number of halogens is 1. The predicted octanol–water partition coefficient (Wildman–Crippen LogP) is 6.03. The Labute approximate surface area is 282 Å². The standard InChI is InChI=1S/C36H29BrN2O7S/c1-4-43-35(41)31-20(2)38-36-39(32(31)23-12-13-27-28(17-23)46-19-45-27)34(40)30(47-36)16-21-14-26(37)33(29(15-21)42-3)44-18-24-10-7-9-22-8-5-6-11-25(22)24/h5-17,32H,4,18-19H2,1-3H3/b30-16-/t32-/m0/s1. The number of nitrogens with zero attached hydrogens (tertiary/aromatic N) is 2. The number of rotatable bonds is 8. The Bertz CT molecular complexity index is 2270. The van der Waals surface area contributed by atoms with Gasteiger partial charge in [0.25, 0.3) is 5.56 Å². The van der Waals surface area contributed by atoms with Crippen LogP contribution in [0.5, 0.6) is 23.0 Å². The number of carbonyl (C=O) groups excluding carboxylic acids is 1. The van der Waals surface area contributed by atoms with Crippen molar-refractivity contribution in [3.63, 3.8) is 0 Å². The smallest absolute Gasteiger partial charge is 0.338 e. The van der Waals surface area contributed by atoms with Crippen molar-refractivity contribution in [1.29, 1.82) is 0 Å². The monoisotopic (exact) mass is 712 g/mol. The highest BCUT2D eigenvalue weighted by Gasteiger charge is 2.34. The van der Waals surface area contributed by atoms with Crippen LogP contribution in [0.1, 0.15) is 36.6 Å². The molecule has 0 spiro atoms. The summed E-state index contributed by atoms with van der Waals surface area (Å²) in [7, 11) is 1.58. The van der Waals surface area contributed by atoms with E-state index in [4.69, 9.17) is 23.7 Å². The van der Waals surface area contributed by atoms with Gasteiger partial charge in [-0.05, 0) is 87.6 Å². The Balaban J connectivity index is 1.27. The molecule has 0 amide bonds. The summed E-state index contributed by atoms with van der Waals surface area (Å²) >= 11 is 4.90. The van der Waals surface area contributed by atoms with E-state index in [1.807, 2.05) is 42.5 Å². The molecule has 7 rings (SSSR count). The Morgan fingerprint density at radius 2 is 1.89 bits per heavy atom. The summed E-state index contributed by atoms with van der Waals surface area (Å²) in [6.45, 7) is 4.13. The summed E-state index contributed by atoms with van der Waals surface area (Å²) in [5.41, 5.74) is 2.93. The van der Waals surface area contributed by atoms with Crippen LogP contribution in [0.25, 0.3) is 16.8 Å². The van der Waals surface area contributed by atoms with Crippen LogP contribution in [0.4, 0.5) is 0 Å². The maximum atomic E-state index is 14.1. The van der Waals surface area contributed by atoms with Crippen LogP contribution in [0.3, 0.4) is 0 Å². The minimum absolute atomic E-state index is 0.104. The molecule has 0 aliphatic carbocycles. The number of hydrogen-bond acceptors (Lipinski definition) is 9. The maximum absolute atomic E-state index is 14.1. The number of aromatic nitrogens is 1. The first-order chi connectivity index (χ1) is 22.9. The number of esters is 1. The Kier molecular flexibility index (Phi) is 8.33. The molecule has 5 aromatic rings. The highest BCUT2D eigenvalue weighted by atomic mass is 79.9. The highest BCUT2D eigenvalue weighted by molar-refractivity contribution is 9.10. The van der Waals surface area contributed by atoms with E-state index in [0.717, 1.165) is 21.9 Å². The maximum Gasteiger partial charge on any atom is 0.338 e. The van der Waals surface area contributed by atoms with Gasteiger partial charge in [0.05, 0.1) is 40.0 Å². The molecule has 0 bridgehead atoms. The van der Waals surface area contributed by atoms with Gasteiger partial charge in [0, 0.05) is 0 Å². The number of ether oxygens (including phenoxy) is 5. The largest absolute Gasteiger partial charge is 0.493 e. The summed E-state index contributed by atoms with van der Waals surface area (Å²) in [5.74, 6) is 1.68. The Morgan fingerprint density at radius 1 is 1.09 bits per heavy atom. The van der Waals surface area contributed by atoms with Crippen molar-refractivity contribution in [3.05, 3.63) is 125 Å². The fourth-order valence-corrected chi connectivity index (χ4v) is 7.49. The van der Waals surface area contributed by atoms with Crippen molar-refractivity contribution >= 4 is 50.1 Å². The van der Waals surface area contributed by atoms with Gasteiger partial charge in [-0.15, -0.1) is 0 Å². The second-order valence-corrected chi connectivity index (χ2v) is 12.7. The molecule has 0 saturated heterocycles. The molecule has 0 unspecified atom stereocenters. The molecule has 0 N–H and O–H groups in total. The second kappa shape index (κ2) is 12.7. The molecule has 1 aromatic heterocycles. The number of allylic oxidation sites excluding steroid dienone is 1. The zero-order valence-corrected chi connectivity index (χ0v) is 28.1. The Hall–Kier alpha value is -4.87. The number of methoxy groups -OCH3 is 1. The lowest BCUT2D eigenvalue weighted by molar-refractivity contribution is -0.139. The third-order valence-corrected chi connectivity index (χ3v) is 9.60. The van der Waals surface area contributed by atoms with Crippen molar-refractivity contribution in [2.24, 2.45) is 4.99 Å². The molecule has 4 aromatic carbocycles. The summed E-state index contributed by atoms with van der Waals surface area (Å²) in [4.78, 5) is 32.5. The van der Waals surface area contributed by atoms with Gasteiger partial charge in [0.1, 0.15) is 6.61 Å². The average Bonchev–Trinajstić information content (AvgIpc) is 3.66. The summed E-state index contributed by atoms with van der Waals surface area (Å²) in [6, 6.07) is 22.6. The lowest BCUT2D eigenvalue weighted by Gasteiger charge is -2.24. The molecule has 3 heterocycles. The molecular weight excluding hydrogens is 684 g/mol. The summed E-state index contributed by atoms with van der Waals surface area (Å²) in [5, 5.41) is 2.26. The number of carbonyl (C=O) groups is 1. The van der Waals surface area contributed by atoms with Crippen molar-refractivity contribution in [2.75, 3.05) is 20.5 Å². The topological polar surface area (TPSA) is 97.6 Å². The van der Waals surface area contributed by atoms with Gasteiger partial charge in [-0.3, -0.25) is 9.36 Å². The van der Waals surface area contributed by atoms with Crippen LogP contribution in [-0.4, -0.2) is 31.0 Å². The van der Waals surface area contributed by atoms with E-state index < -0.39 is 12.0 Å². The molecule has 0 saturated carbocycles. The molecule has 47 heavy (non-hydrogen) atoms. The van der Waals surface area contributed by atoms with E-state index in [9.17, 15) is 9.59 Å². The van der Waals surface area contributed by atoms with Crippen molar-refractivity contribution < 1.29 is 28.5 Å². The van der Waals surface area contributed by atoms with Crippen LogP contribution >= 0.6 is 27.3 Å². The van der Waals surface area contributed by atoms with Crippen LogP contribution in [0, 0.1) is 0 Å². The molecule has 0 fully saturated rings. The normalized spacial score (nSPS) is 15.4. The SMILES string of the molecule is CCOC(=O)C1=C(C)N=c2s/c(=C\c3cc(Br)c(OCc4cccc5ccccc45)c(OC)c3)c(=O)n2[C@H]1c1ccc2c(c1)OCO2. The number of benzene rings is 4. The first-order valence-corrected chi connectivity index (χ1v) is 16.5. The lowest BCUT2D eigenvalue weighted by Crippen LogP contribution is -2.39.